The Bertz CT molecular complexity index is 589. The van der Waals surface area contributed by atoms with Crippen molar-refractivity contribution in [2.75, 3.05) is 0 Å². The molecule has 0 amide bonds. The molecular formula is C14H15BrFNO. The van der Waals surface area contributed by atoms with Gasteiger partial charge in [-0.2, -0.15) is 0 Å². The van der Waals surface area contributed by atoms with Gasteiger partial charge in [-0.15, -0.1) is 0 Å². The first-order chi connectivity index (χ1) is 8.69. The van der Waals surface area contributed by atoms with E-state index in [2.05, 4.69) is 28.2 Å². The van der Waals surface area contributed by atoms with Gasteiger partial charge in [0.2, 0.25) is 0 Å². The van der Waals surface area contributed by atoms with Gasteiger partial charge in [0.15, 0.2) is 0 Å². The highest BCUT2D eigenvalue weighted by Gasteiger charge is 2.22. The summed E-state index contributed by atoms with van der Waals surface area (Å²) in [6, 6.07) is 3.65. The quantitative estimate of drug-likeness (QED) is 0.917. The number of rotatable bonds is 4. The Hall–Kier alpha value is -0.870. The topological polar surface area (TPSA) is 25.2 Å². The van der Waals surface area contributed by atoms with Crippen molar-refractivity contribution in [1.82, 2.24) is 5.32 Å². The molecule has 2 aromatic rings. The molecule has 1 N–H and O–H groups in total. The maximum Gasteiger partial charge on any atom is 0.149 e. The fourth-order valence-corrected chi connectivity index (χ4v) is 2.79. The standard InChI is InChI=1S/C14H15BrFNO/c1-2-10-11-5-8(16)6-12(15)14(11)18-13(10)7-17-9-3-4-9/h5-6,9,17H,2-4,7H2,1H3. The van der Waals surface area contributed by atoms with Crippen LogP contribution in [-0.4, -0.2) is 6.04 Å². The summed E-state index contributed by atoms with van der Waals surface area (Å²) in [6.07, 6.45) is 3.35. The second kappa shape index (κ2) is 4.67. The molecule has 1 aliphatic carbocycles. The van der Waals surface area contributed by atoms with Crippen LogP contribution in [-0.2, 0) is 13.0 Å². The monoisotopic (exact) mass is 311 g/mol. The van der Waals surface area contributed by atoms with Gasteiger partial charge in [-0.3, -0.25) is 0 Å². The largest absolute Gasteiger partial charge is 0.458 e. The highest BCUT2D eigenvalue weighted by atomic mass is 79.9. The van der Waals surface area contributed by atoms with E-state index in [1.807, 2.05) is 0 Å². The van der Waals surface area contributed by atoms with Crippen molar-refractivity contribution in [3.8, 4) is 0 Å². The number of aryl methyl sites for hydroxylation is 1. The second-order valence-electron chi connectivity index (χ2n) is 4.78. The van der Waals surface area contributed by atoms with Crippen molar-refractivity contribution in [3.63, 3.8) is 0 Å². The van der Waals surface area contributed by atoms with Crippen molar-refractivity contribution in [3.05, 3.63) is 33.7 Å². The molecule has 0 radical (unpaired) electrons. The van der Waals surface area contributed by atoms with Gasteiger partial charge in [0.05, 0.1) is 11.0 Å². The summed E-state index contributed by atoms with van der Waals surface area (Å²) in [5.74, 6) is 0.706. The van der Waals surface area contributed by atoms with Crippen LogP contribution in [0, 0.1) is 5.82 Å². The van der Waals surface area contributed by atoms with Crippen LogP contribution in [0.3, 0.4) is 0 Å². The lowest BCUT2D eigenvalue weighted by atomic mass is 10.1. The molecule has 0 spiro atoms. The SMILES string of the molecule is CCc1c(CNC2CC2)oc2c(Br)cc(F)cc12. The molecule has 0 aliphatic heterocycles. The van der Waals surface area contributed by atoms with Crippen molar-refractivity contribution >= 4 is 26.9 Å². The van der Waals surface area contributed by atoms with E-state index in [1.165, 1.54) is 18.9 Å². The third-order valence-corrected chi connectivity index (χ3v) is 3.97. The third-order valence-electron chi connectivity index (χ3n) is 3.38. The van der Waals surface area contributed by atoms with Crippen molar-refractivity contribution in [2.45, 2.75) is 38.8 Å². The van der Waals surface area contributed by atoms with Crippen LogP contribution in [0.4, 0.5) is 4.39 Å². The normalized spacial score (nSPS) is 15.5. The van der Waals surface area contributed by atoms with Crippen LogP contribution in [0.5, 0.6) is 0 Å². The molecule has 18 heavy (non-hydrogen) atoms. The van der Waals surface area contributed by atoms with Crippen LogP contribution in [0.2, 0.25) is 0 Å². The number of halogens is 2. The predicted molar refractivity (Wildman–Crippen MR) is 73.1 cm³/mol. The van der Waals surface area contributed by atoms with E-state index in [0.29, 0.717) is 10.5 Å². The van der Waals surface area contributed by atoms with Gasteiger partial charge in [0, 0.05) is 17.0 Å². The molecule has 0 saturated heterocycles. The molecule has 1 aromatic heterocycles. The number of furan rings is 1. The number of hydrogen-bond acceptors (Lipinski definition) is 2. The van der Waals surface area contributed by atoms with E-state index >= 15 is 0 Å². The van der Waals surface area contributed by atoms with E-state index in [9.17, 15) is 4.39 Å². The summed E-state index contributed by atoms with van der Waals surface area (Å²) >= 11 is 3.36. The van der Waals surface area contributed by atoms with Crippen molar-refractivity contribution in [1.29, 1.82) is 0 Å². The zero-order chi connectivity index (χ0) is 12.7. The van der Waals surface area contributed by atoms with Crippen LogP contribution in [0.1, 0.15) is 31.1 Å². The minimum absolute atomic E-state index is 0.230. The molecule has 1 fully saturated rings. The van der Waals surface area contributed by atoms with Crippen LogP contribution in [0.15, 0.2) is 21.0 Å². The zero-order valence-electron chi connectivity index (χ0n) is 10.2. The Balaban J connectivity index is 2.04. The molecule has 1 aliphatic rings. The van der Waals surface area contributed by atoms with E-state index in [4.69, 9.17) is 4.42 Å². The average Bonchev–Trinajstić information content (AvgIpc) is 3.08. The molecule has 1 heterocycles. The maximum absolute atomic E-state index is 13.5. The maximum atomic E-state index is 13.5. The fourth-order valence-electron chi connectivity index (χ4n) is 2.28. The Labute approximate surface area is 114 Å². The molecule has 0 atom stereocenters. The predicted octanol–water partition coefficient (Wildman–Crippen LogP) is 4.15. The molecular weight excluding hydrogens is 297 g/mol. The van der Waals surface area contributed by atoms with Gasteiger partial charge in [-0.25, -0.2) is 4.39 Å². The second-order valence-corrected chi connectivity index (χ2v) is 5.63. The van der Waals surface area contributed by atoms with Gasteiger partial charge in [0.1, 0.15) is 17.2 Å². The van der Waals surface area contributed by atoms with Crippen LogP contribution >= 0.6 is 15.9 Å². The Kier molecular flexibility index (Phi) is 3.16. The average molecular weight is 312 g/mol. The summed E-state index contributed by atoms with van der Waals surface area (Å²) in [5, 5.41) is 4.33. The van der Waals surface area contributed by atoms with E-state index in [-0.39, 0.29) is 5.82 Å². The van der Waals surface area contributed by atoms with Gasteiger partial charge in [-0.05, 0) is 47.3 Å². The van der Waals surface area contributed by atoms with Crippen molar-refractivity contribution < 1.29 is 8.81 Å². The first kappa shape index (κ1) is 12.2. The Morgan fingerprint density at radius 3 is 2.89 bits per heavy atom. The molecule has 0 bridgehead atoms. The van der Waals surface area contributed by atoms with Crippen LogP contribution < -0.4 is 5.32 Å². The third kappa shape index (κ3) is 2.19. The minimum Gasteiger partial charge on any atom is -0.458 e. The van der Waals surface area contributed by atoms with Crippen LogP contribution in [0.25, 0.3) is 11.0 Å². The summed E-state index contributed by atoms with van der Waals surface area (Å²) in [6.45, 7) is 2.81. The van der Waals surface area contributed by atoms with E-state index < -0.39 is 0 Å². The summed E-state index contributed by atoms with van der Waals surface area (Å²) < 4.78 is 20.0. The molecule has 3 rings (SSSR count). The number of benzene rings is 1. The molecule has 96 valence electrons. The molecule has 4 heteroatoms. The zero-order valence-corrected chi connectivity index (χ0v) is 11.8. The lowest BCUT2D eigenvalue weighted by molar-refractivity contribution is 0.505. The Morgan fingerprint density at radius 2 is 2.22 bits per heavy atom. The highest BCUT2D eigenvalue weighted by molar-refractivity contribution is 9.10. The summed E-state index contributed by atoms with van der Waals surface area (Å²) in [7, 11) is 0. The lowest BCUT2D eigenvalue weighted by Crippen LogP contribution is -2.15. The summed E-state index contributed by atoms with van der Waals surface area (Å²) in [4.78, 5) is 0. The Morgan fingerprint density at radius 1 is 1.44 bits per heavy atom. The number of nitrogens with one attached hydrogen (secondary N) is 1. The fraction of sp³-hybridized carbons (Fsp3) is 0.429. The lowest BCUT2D eigenvalue weighted by Gasteiger charge is -2.01. The number of hydrogen-bond donors (Lipinski definition) is 1. The molecule has 1 saturated carbocycles. The van der Waals surface area contributed by atoms with E-state index in [1.54, 1.807) is 6.07 Å². The van der Waals surface area contributed by atoms with Gasteiger partial charge in [-0.1, -0.05) is 6.92 Å². The smallest absolute Gasteiger partial charge is 0.149 e. The van der Waals surface area contributed by atoms with Gasteiger partial charge in [0.25, 0.3) is 0 Å². The summed E-state index contributed by atoms with van der Waals surface area (Å²) in [5.41, 5.74) is 1.86. The van der Waals surface area contributed by atoms with Crippen molar-refractivity contribution in [2.24, 2.45) is 0 Å². The molecule has 0 unspecified atom stereocenters. The van der Waals surface area contributed by atoms with E-state index in [0.717, 1.165) is 35.3 Å². The number of fused-ring (bicyclic) bond motifs is 1. The minimum atomic E-state index is -0.230. The highest BCUT2D eigenvalue weighted by Crippen LogP contribution is 2.33. The molecule has 2 nitrogen and oxygen atoms in total. The first-order valence-corrected chi connectivity index (χ1v) is 7.11. The first-order valence-electron chi connectivity index (χ1n) is 6.31. The van der Waals surface area contributed by atoms with Gasteiger partial charge >= 0.3 is 0 Å². The van der Waals surface area contributed by atoms with Gasteiger partial charge < -0.3 is 9.73 Å². The molecule has 1 aromatic carbocycles.